The lowest BCUT2D eigenvalue weighted by atomic mass is 9.80. The smallest absolute Gasteiger partial charge is 0.331 e. The summed E-state index contributed by atoms with van der Waals surface area (Å²) in [6.07, 6.45) is 12.1. The molecule has 0 aromatic heterocycles. The molecule has 0 aromatic rings. The summed E-state index contributed by atoms with van der Waals surface area (Å²) in [4.78, 5) is 24.6. The highest BCUT2D eigenvalue weighted by Crippen LogP contribution is 2.33. The first-order valence-electron chi connectivity index (χ1n) is 10.3. The summed E-state index contributed by atoms with van der Waals surface area (Å²) in [6, 6.07) is 0. The van der Waals surface area contributed by atoms with Crippen molar-refractivity contribution in [1.82, 2.24) is 0 Å². The number of esters is 1. The minimum atomic E-state index is -1.64. The Hall–Kier alpha value is -2.27. The van der Waals surface area contributed by atoms with E-state index in [4.69, 9.17) is 4.74 Å². The van der Waals surface area contributed by atoms with E-state index in [0.717, 1.165) is 24.5 Å². The predicted octanol–water partition coefficient (Wildman–Crippen LogP) is 5.35. The summed E-state index contributed by atoms with van der Waals surface area (Å²) in [6.45, 7) is 10.2. The van der Waals surface area contributed by atoms with Crippen LogP contribution in [0.4, 0.5) is 4.39 Å². The Morgan fingerprint density at radius 2 is 1.90 bits per heavy atom. The number of hydrogen-bond acceptors (Lipinski definition) is 4. The van der Waals surface area contributed by atoms with Gasteiger partial charge in [-0.15, -0.1) is 0 Å². The molecule has 0 radical (unpaired) electrons. The number of rotatable bonds is 6. The van der Waals surface area contributed by atoms with Crippen LogP contribution in [0.1, 0.15) is 60.8 Å². The first kappa shape index (κ1) is 25.8. The van der Waals surface area contributed by atoms with Crippen molar-refractivity contribution in [2.75, 3.05) is 6.67 Å². The van der Waals surface area contributed by atoms with Gasteiger partial charge < -0.3 is 9.84 Å². The Kier molecular flexibility index (Phi) is 9.63. The second-order valence-corrected chi connectivity index (χ2v) is 8.90. The fraction of sp³-hybridized carbons (Fsp3) is 0.520. The normalized spacial score (nSPS) is 30.9. The maximum absolute atomic E-state index is 13.5. The number of allylic oxidation sites excluding steroid dienone is 7. The molecule has 1 aliphatic rings. The van der Waals surface area contributed by atoms with Crippen molar-refractivity contribution >= 4 is 11.8 Å². The molecule has 0 unspecified atom stereocenters. The van der Waals surface area contributed by atoms with Crippen LogP contribution in [-0.2, 0) is 14.3 Å². The van der Waals surface area contributed by atoms with Crippen LogP contribution in [0.5, 0.6) is 0 Å². The Morgan fingerprint density at radius 3 is 2.47 bits per heavy atom. The Labute approximate surface area is 179 Å². The first-order valence-corrected chi connectivity index (χ1v) is 10.3. The molecule has 0 amide bonds. The van der Waals surface area contributed by atoms with E-state index in [1.54, 1.807) is 26.0 Å². The highest BCUT2D eigenvalue weighted by molar-refractivity contribution is 6.04. The molecule has 0 bridgehead atoms. The zero-order valence-corrected chi connectivity index (χ0v) is 19.0. The van der Waals surface area contributed by atoms with E-state index in [9.17, 15) is 19.1 Å². The van der Waals surface area contributed by atoms with Gasteiger partial charge in [0.2, 0.25) is 0 Å². The van der Waals surface area contributed by atoms with Crippen LogP contribution in [0, 0.1) is 5.41 Å². The fourth-order valence-electron chi connectivity index (χ4n) is 3.04. The van der Waals surface area contributed by atoms with Crippen LogP contribution in [0.3, 0.4) is 0 Å². The number of hydrogen-bond donors (Lipinski definition) is 1. The van der Waals surface area contributed by atoms with Gasteiger partial charge in [0, 0.05) is 11.6 Å². The molecule has 166 valence electrons. The van der Waals surface area contributed by atoms with Crippen LogP contribution in [0.25, 0.3) is 0 Å². The average Bonchev–Trinajstić information content (AvgIpc) is 2.63. The van der Waals surface area contributed by atoms with E-state index in [-0.39, 0.29) is 5.57 Å². The lowest BCUT2D eigenvalue weighted by Crippen LogP contribution is -2.39. The summed E-state index contributed by atoms with van der Waals surface area (Å²) in [5.74, 6) is -1.07. The third-order valence-corrected chi connectivity index (χ3v) is 5.01. The van der Waals surface area contributed by atoms with Crippen molar-refractivity contribution < 1.29 is 23.8 Å². The zero-order valence-electron chi connectivity index (χ0n) is 19.0. The molecule has 1 rings (SSSR count). The minimum Gasteiger partial charge on any atom is -0.452 e. The Bertz CT molecular complexity index is 775. The molecular weight excluding hydrogens is 383 g/mol. The van der Waals surface area contributed by atoms with E-state index in [1.807, 2.05) is 26.8 Å². The van der Waals surface area contributed by atoms with Crippen molar-refractivity contribution in [3.05, 3.63) is 59.3 Å². The van der Waals surface area contributed by atoms with Gasteiger partial charge in [0.15, 0.2) is 11.9 Å². The SMILES string of the molecule is CC(C)=CCC[C@]1(C)/C=C/[C@@H](OC(=O)C=C(C)C)[C@](C)(O)/C=C/C(=O)/C(CF)=C\C1. The number of ketones is 1. The molecular formula is C25H35FO4. The lowest BCUT2D eigenvalue weighted by Gasteiger charge is -2.29. The number of carbonyl (C=O) groups excluding carboxylic acids is 2. The largest absolute Gasteiger partial charge is 0.452 e. The number of alkyl halides is 1. The quantitative estimate of drug-likeness (QED) is 0.359. The second kappa shape index (κ2) is 11.2. The topological polar surface area (TPSA) is 63.6 Å². The molecule has 0 aromatic carbocycles. The number of aliphatic hydroxyl groups is 1. The van der Waals surface area contributed by atoms with Crippen molar-refractivity contribution in [3.63, 3.8) is 0 Å². The first-order chi connectivity index (χ1) is 13.9. The standard InChI is InChI=1S/C25H35FO4/c1-18(2)8-7-12-24(5)13-9-20(17-26)21(27)10-15-25(6,29)22(11-14-24)30-23(28)16-19(3)4/h8-11,14-16,22,29H,7,12-13,17H2,1-6H3/b14-11+,15-10+,20-9-/t22-,24+,25-/m1/s1. The van der Waals surface area contributed by atoms with E-state index in [2.05, 4.69) is 6.08 Å². The third kappa shape index (κ3) is 8.62. The molecule has 0 saturated heterocycles. The highest BCUT2D eigenvalue weighted by atomic mass is 19.1. The fourth-order valence-corrected chi connectivity index (χ4v) is 3.04. The summed E-state index contributed by atoms with van der Waals surface area (Å²) in [5, 5.41) is 10.9. The summed E-state index contributed by atoms with van der Waals surface area (Å²) < 4.78 is 19.0. The van der Waals surface area contributed by atoms with Crippen molar-refractivity contribution in [1.29, 1.82) is 0 Å². The molecule has 1 N–H and O–H groups in total. The van der Waals surface area contributed by atoms with Gasteiger partial charge in [-0.05, 0) is 77.5 Å². The summed E-state index contributed by atoms with van der Waals surface area (Å²) >= 11 is 0. The maximum atomic E-state index is 13.5. The highest BCUT2D eigenvalue weighted by Gasteiger charge is 2.32. The van der Waals surface area contributed by atoms with Crippen LogP contribution < -0.4 is 0 Å². The van der Waals surface area contributed by atoms with Gasteiger partial charge in [-0.1, -0.05) is 36.3 Å². The Morgan fingerprint density at radius 1 is 1.23 bits per heavy atom. The molecule has 0 spiro atoms. The molecule has 0 aliphatic heterocycles. The average molecular weight is 419 g/mol. The van der Waals surface area contributed by atoms with Crippen molar-refractivity contribution in [3.8, 4) is 0 Å². The number of halogens is 1. The lowest BCUT2D eigenvalue weighted by molar-refractivity contribution is -0.148. The van der Waals surface area contributed by atoms with Gasteiger partial charge in [-0.3, -0.25) is 4.79 Å². The van der Waals surface area contributed by atoms with E-state index >= 15 is 0 Å². The summed E-state index contributed by atoms with van der Waals surface area (Å²) in [5.41, 5.74) is -0.00805. The van der Waals surface area contributed by atoms with Crippen LogP contribution in [0.15, 0.2) is 59.3 Å². The molecule has 3 atom stereocenters. The van der Waals surface area contributed by atoms with Crippen molar-refractivity contribution in [2.45, 2.75) is 72.5 Å². The molecule has 5 heteroatoms. The van der Waals surface area contributed by atoms with Gasteiger partial charge in [0.25, 0.3) is 0 Å². The van der Waals surface area contributed by atoms with Gasteiger partial charge in [0.1, 0.15) is 12.3 Å². The number of ether oxygens (including phenoxy) is 1. The van der Waals surface area contributed by atoms with Gasteiger partial charge in [-0.25, -0.2) is 9.18 Å². The minimum absolute atomic E-state index is 0.0591. The van der Waals surface area contributed by atoms with Gasteiger partial charge >= 0.3 is 5.97 Å². The van der Waals surface area contributed by atoms with E-state index in [1.165, 1.54) is 24.6 Å². The molecule has 30 heavy (non-hydrogen) atoms. The predicted molar refractivity (Wildman–Crippen MR) is 119 cm³/mol. The molecule has 0 heterocycles. The monoisotopic (exact) mass is 418 g/mol. The molecule has 1 aliphatic carbocycles. The molecule has 0 fully saturated rings. The molecule has 4 nitrogen and oxygen atoms in total. The van der Waals surface area contributed by atoms with E-state index < -0.39 is 35.5 Å². The summed E-state index contributed by atoms with van der Waals surface area (Å²) in [7, 11) is 0. The van der Waals surface area contributed by atoms with Gasteiger partial charge in [0.05, 0.1) is 0 Å². The van der Waals surface area contributed by atoms with Crippen LogP contribution >= 0.6 is 0 Å². The third-order valence-electron chi connectivity index (χ3n) is 5.01. The maximum Gasteiger partial charge on any atom is 0.331 e. The van der Waals surface area contributed by atoms with Gasteiger partial charge in [-0.2, -0.15) is 0 Å². The Balaban J connectivity index is 3.38. The second-order valence-electron chi connectivity index (χ2n) is 8.90. The zero-order chi connectivity index (χ0) is 22.9. The van der Waals surface area contributed by atoms with Crippen LogP contribution in [-0.4, -0.2) is 35.2 Å². The van der Waals surface area contributed by atoms with Crippen LogP contribution in [0.2, 0.25) is 0 Å². The van der Waals surface area contributed by atoms with E-state index in [0.29, 0.717) is 6.42 Å². The van der Waals surface area contributed by atoms with Crippen molar-refractivity contribution in [2.24, 2.45) is 5.41 Å². The molecule has 0 saturated carbocycles. The number of carbonyl (C=O) groups is 2.